The fourth-order valence-corrected chi connectivity index (χ4v) is 1.93. The Morgan fingerprint density at radius 1 is 1.14 bits per heavy atom. The number of hydrogen-bond donors (Lipinski definition) is 0. The second-order valence-corrected chi connectivity index (χ2v) is 4.53. The van der Waals surface area contributed by atoms with Crippen LogP contribution in [-0.4, -0.2) is 6.21 Å². The van der Waals surface area contributed by atoms with E-state index in [0.717, 1.165) is 12.0 Å². The lowest BCUT2D eigenvalue weighted by Crippen LogP contribution is -1.96. The van der Waals surface area contributed by atoms with Crippen molar-refractivity contribution in [2.45, 2.75) is 26.4 Å². The van der Waals surface area contributed by atoms with Crippen molar-refractivity contribution >= 4 is 6.21 Å². The maximum absolute atomic E-state index is 12.8. The van der Waals surface area contributed by atoms with Crippen molar-refractivity contribution in [3.63, 3.8) is 0 Å². The van der Waals surface area contributed by atoms with Gasteiger partial charge in [-0.25, -0.2) is 8.78 Å². The molecule has 0 aliphatic heterocycles. The Balaban J connectivity index is 1.96. The predicted molar refractivity (Wildman–Crippen MR) is 78.5 cm³/mol. The molecule has 0 unspecified atom stereocenters. The lowest BCUT2D eigenvalue weighted by atomic mass is 10.1. The molecule has 0 aliphatic carbocycles. The number of halogens is 2. The van der Waals surface area contributed by atoms with Crippen molar-refractivity contribution in [1.82, 2.24) is 0 Å². The first-order valence-electron chi connectivity index (χ1n) is 6.73. The molecule has 0 spiro atoms. The van der Waals surface area contributed by atoms with Crippen LogP contribution in [0.25, 0.3) is 0 Å². The maximum atomic E-state index is 12.8. The van der Waals surface area contributed by atoms with Gasteiger partial charge < -0.3 is 4.84 Å². The summed E-state index contributed by atoms with van der Waals surface area (Å²) in [6, 6.07) is 14.0. The largest absolute Gasteiger partial charge is 0.390 e. The first kappa shape index (κ1) is 15.2. The van der Waals surface area contributed by atoms with E-state index in [1.54, 1.807) is 18.2 Å². The number of nitrogens with zero attached hydrogens (tertiary/aromatic N) is 1. The molecule has 0 aromatic heterocycles. The Kier molecular flexibility index (Phi) is 5.43. The van der Waals surface area contributed by atoms with Crippen LogP contribution in [0.1, 0.15) is 35.6 Å². The fourth-order valence-electron chi connectivity index (χ4n) is 1.93. The van der Waals surface area contributed by atoms with Crippen LogP contribution in [-0.2, 0) is 17.9 Å². The maximum Gasteiger partial charge on any atom is 0.264 e. The third kappa shape index (κ3) is 4.38. The number of hydrogen-bond acceptors (Lipinski definition) is 2. The summed E-state index contributed by atoms with van der Waals surface area (Å²) >= 11 is 0. The number of alkyl halides is 2. The van der Waals surface area contributed by atoms with Crippen LogP contribution in [0.4, 0.5) is 8.78 Å². The molecule has 0 saturated heterocycles. The Morgan fingerprint density at radius 2 is 1.95 bits per heavy atom. The Bertz CT molecular complexity index is 611. The van der Waals surface area contributed by atoms with E-state index in [2.05, 4.69) is 18.3 Å². The van der Waals surface area contributed by atoms with Crippen LogP contribution in [0.5, 0.6) is 0 Å². The van der Waals surface area contributed by atoms with Gasteiger partial charge in [-0.1, -0.05) is 54.5 Å². The normalized spacial score (nSPS) is 11.2. The highest BCUT2D eigenvalue weighted by molar-refractivity contribution is 5.79. The van der Waals surface area contributed by atoms with Gasteiger partial charge in [-0.3, -0.25) is 0 Å². The first-order chi connectivity index (χ1) is 10.2. The van der Waals surface area contributed by atoms with Gasteiger partial charge >= 0.3 is 0 Å². The first-order valence-corrected chi connectivity index (χ1v) is 6.73. The Labute approximate surface area is 123 Å². The summed E-state index contributed by atoms with van der Waals surface area (Å²) in [5.74, 6) is 0. The summed E-state index contributed by atoms with van der Waals surface area (Å²) in [6.07, 6.45) is 1.17. The minimum Gasteiger partial charge on any atom is -0.390 e. The zero-order valence-electron chi connectivity index (χ0n) is 11.7. The quantitative estimate of drug-likeness (QED) is 0.561. The summed E-state index contributed by atoms with van der Waals surface area (Å²) in [6.45, 7) is 2.06. The molecule has 2 nitrogen and oxygen atoms in total. The zero-order chi connectivity index (χ0) is 15.1. The molecule has 2 aromatic carbocycles. The molecule has 0 heterocycles. The van der Waals surface area contributed by atoms with E-state index >= 15 is 0 Å². The molecule has 0 N–H and O–H groups in total. The molecule has 1 radical (unpaired) electrons. The molecular weight excluding hydrogens is 272 g/mol. The van der Waals surface area contributed by atoms with Crippen molar-refractivity contribution in [2.75, 3.05) is 0 Å². The van der Waals surface area contributed by atoms with E-state index in [4.69, 9.17) is 4.84 Å². The van der Waals surface area contributed by atoms with Crippen molar-refractivity contribution < 1.29 is 13.6 Å². The van der Waals surface area contributed by atoms with Gasteiger partial charge in [-0.15, -0.1) is 0 Å². The second kappa shape index (κ2) is 7.53. The van der Waals surface area contributed by atoms with E-state index in [-0.39, 0.29) is 12.2 Å². The van der Waals surface area contributed by atoms with Crippen LogP contribution in [0.3, 0.4) is 0 Å². The van der Waals surface area contributed by atoms with Gasteiger partial charge in [0.1, 0.15) is 12.8 Å². The standard InChI is InChI=1S/C17H16F2NO/c1-2-13-6-5-7-14(10-13)11-20-21-12-15-8-3-4-9-16(15)17(18)19/h3-10,17H,2,12H2,1H3. The van der Waals surface area contributed by atoms with E-state index in [1.807, 2.05) is 24.3 Å². The Hall–Kier alpha value is -2.23. The molecule has 0 aliphatic rings. The molecule has 2 rings (SSSR count). The number of benzene rings is 2. The molecule has 21 heavy (non-hydrogen) atoms. The summed E-state index contributed by atoms with van der Waals surface area (Å²) in [7, 11) is 0. The molecule has 0 fully saturated rings. The third-order valence-corrected chi connectivity index (χ3v) is 3.08. The smallest absolute Gasteiger partial charge is 0.264 e. The molecule has 2 aromatic rings. The van der Waals surface area contributed by atoms with Crippen molar-refractivity contribution in [3.8, 4) is 0 Å². The number of rotatable bonds is 6. The predicted octanol–water partition coefficient (Wildman–Crippen LogP) is 4.61. The average Bonchev–Trinajstić information content (AvgIpc) is 2.52. The molecule has 0 bridgehead atoms. The van der Waals surface area contributed by atoms with Gasteiger partial charge in [0.25, 0.3) is 6.43 Å². The molecule has 0 saturated carbocycles. The molecule has 0 atom stereocenters. The van der Waals surface area contributed by atoms with Gasteiger partial charge in [-0.2, -0.15) is 0 Å². The minimum absolute atomic E-state index is 0.000974. The summed E-state index contributed by atoms with van der Waals surface area (Å²) in [4.78, 5) is 5.07. The Morgan fingerprint density at radius 3 is 2.71 bits per heavy atom. The highest BCUT2D eigenvalue weighted by Crippen LogP contribution is 2.23. The van der Waals surface area contributed by atoms with E-state index in [0.29, 0.717) is 5.56 Å². The van der Waals surface area contributed by atoms with Gasteiger partial charge in [0.05, 0.1) is 0 Å². The second-order valence-electron chi connectivity index (χ2n) is 4.53. The van der Waals surface area contributed by atoms with Crippen LogP contribution >= 0.6 is 0 Å². The van der Waals surface area contributed by atoms with Gasteiger partial charge in [0, 0.05) is 16.7 Å². The van der Waals surface area contributed by atoms with Gasteiger partial charge in [0.2, 0.25) is 0 Å². The monoisotopic (exact) mass is 288 g/mol. The minimum atomic E-state index is -2.51. The van der Waals surface area contributed by atoms with Crippen LogP contribution < -0.4 is 0 Å². The lowest BCUT2D eigenvalue weighted by Gasteiger charge is -2.06. The van der Waals surface area contributed by atoms with Crippen LogP contribution in [0.2, 0.25) is 0 Å². The highest BCUT2D eigenvalue weighted by Gasteiger charge is 2.11. The molecule has 0 amide bonds. The SMILES string of the molecule is CCc1cccc(/[C]=N\OCc2ccccc2C(F)F)c1. The van der Waals surface area contributed by atoms with Gasteiger partial charge in [0.15, 0.2) is 0 Å². The lowest BCUT2D eigenvalue weighted by molar-refractivity contribution is 0.120. The zero-order valence-corrected chi connectivity index (χ0v) is 11.7. The number of aryl methyl sites for hydroxylation is 1. The fraction of sp³-hybridized carbons (Fsp3) is 0.235. The summed E-state index contributed by atoms with van der Waals surface area (Å²) in [5.41, 5.74) is 2.38. The van der Waals surface area contributed by atoms with E-state index < -0.39 is 6.43 Å². The third-order valence-electron chi connectivity index (χ3n) is 3.08. The summed E-state index contributed by atoms with van der Waals surface area (Å²) < 4.78 is 25.6. The van der Waals surface area contributed by atoms with Crippen molar-refractivity contribution in [1.29, 1.82) is 0 Å². The van der Waals surface area contributed by atoms with E-state index in [9.17, 15) is 8.78 Å². The highest BCUT2D eigenvalue weighted by atomic mass is 19.3. The topological polar surface area (TPSA) is 21.6 Å². The van der Waals surface area contributed by atoms with Gasteiger partial charge in [-0.05, 0) is 18.1 Å². The van der Waals surface area contributed by atoms with Crippen molar-refractivity contribution in [2.24, 2.45) is 5.16 Å². The average molecular weight is 288 g/mol. The summed E-state index contributed by atoms with van der Waals surface area (Å²) in [5, 5.41) is 3.72. The molecule has 4 heteroatoms. The van der Waals surface area contributed by atoms with E-state index in [1.165, 1.54) is 11.6 Å². The molecular formula is C17H16F2NO. The van der Waals surface area contributed by atoms with Crippen LogP contribution in [0.15, 0.2) is 53.7 Å². The molecule has 109 valence electrons. The van der Waals surface area contributed by atoms with Crippen molar-refractivity contribution in [3.05, 3.63) is 70.8 Å². The van der Waals surface area contributed by atoms with Crippen LogP contribution in [0, 0.1) is 0 Å².